The highest BCUT2D eigenvalue weighted by atomic mass is 32.2. The van der Waals surface area contributed by atoms with Crippen LogP contribution >= 0.6 is 11.8 Å². The van der Waals surface area contributed by atoms with E-state index in [0.29, 0.717) is 25.1 Å². The minimum Gasteiger partial charge on any atom is -0.374 e. The Kier molecular flexibility index (Phi) is 10.1. The van der Waals surface area contributed by atoms with Crippen molar-refractivity contribution in [3.63, 3.8) is 0 Å². The number of hydrogen-bond donors (Lipinski definition) is 0. The second kappa shape index (κ2) is 11.2. The normalized spacial score (nSPS) is 13.3. The standard InChI is InChI=1S/C17H30O3SSi/c1-5-18-22(19-6-2,20-7-3)15-11-14-21-16(4)17-12-9-8-10-13-17/h8-10,12-13,16H,5-7,11,14-15H2,1-4H3. The van der Waals surface area contributed by atoms with E-state index in [1.54, 1.807) is 0 Å². The molecule has 1 atom stereocenters. The van der Waals surface area contributed by atoms with Crippen LogP contribution in [0.5, 0.6) is 0 Å². The van der Waals surface area contributed by atoms with Crippen molar-refractivity contribution in [3.05, 3.63) is 35.9 Å². The Hall–Kier alpha value is -0.333. The van der Waals surface area contributed by atoms with Gasteiger partial charge in [-0.25, -0.2) is 0 Å². The van der Waals surface area contributed by atoms with Crippen LogP contribution in [0.1, 0.15) is 44.9 Å². The molecule has 3 nitrogen and oxygen atoms in total. The van der Waals surface area contributed by atoms with Gasteiger partial charge in [0.1, 0.15) is 0 Å². The van der Waals surface area contributed by atoms with Gasteiger partial charge in [0.15, 0.2) is 0 Å². The third-order valence-corrected chi connectivity index (χ3v) is 7.80. The molecule has 0 radical (unpaired) electrons. The summed E-state index contributed by atoms with van der Waals surface area (Å²) in [4.78, 5) is 0. The second-order valence-electron chi connectivity index (χ2n) is 5.01. The molecule has 0 heterocycles. The maximum atomic E-state index is 5.89. The molecule has 0 N–H and O–H groups in total. The van der Waals surface area contributed by atoms with Crippen molar-refractivity contribution in [2.75, 3.05) is 25.6 Å². The first-order chi connectivity index (χ1) is 10.7. The summed E-state index contributed by atoms with van der Waals surface area (Å²) in [5.74, 6) is 1.10. The van der Waals surface area contributed by atoms with Crippen LogP contribution in [0.25, 0.3) is 0 Å². The lowest BCUT2D eigenvalue weighted by molar-refractivity contribution is 0.0712. The maximum Gasteiger partial charge on any atom is 0.500 e. The number of rotatable bonds is 12. The first-order valence-corrected chi connectivity index (χ1v) is 11.2. The lowest BCUT2D eigenvalue weighted by Gasteiger charge is -2.28. The summed E-state index contributed by atoms with van der Waals surface area (Å²) in [7, 11) is -2.46. The first-order valence-electron chi connectivity index (χ1n) is 8.25. The van der Waals surface area contributed by atoms with E-state index in [4.69, 9.17) is 13.3 Å². The van der Waals surface area contributed by atoms with E-state index in [0.717, 1.165) is 18.2 Å². The molecule has 0 saturated heterocycles. The molecule has 0 aliphatic carbocycles. The van der Waals surface area contributed by atoms with Gasteiger partial charge in [0.25, 0.3) is 0 Å². The highest BCUT2D eigenvalue weighted by Gasteiger charge is 2.39. The summed E-state index contributed by atoms with van der Waals surface area (Å²) < 4.78 is 17.7. The SMILES string of the molecule is CCO[Si](CCCSC(C)c1ccccc1)(OCC)OCC. The van der Waals surface area contributed by atoms with Crippen LogP contribution in [0.3, 0.4) is 0 Å². The molecular formula is C17H30O3SSi. The second-order valence-corrected chi connectivity index (χ2v) is 9.19. The van der Waals surface area contributed by atoms with Gasteiger partial charge in [0.05, 0.1) is 0 Å². The average Bonchev–Trinajstić information content (AvgIpc) is 2.53. The molecule has 5 heteroatoms. The number of benzene rings is 1. The lowest BCUT2D eigenvalue weighted by Crippen LogP contribution is -2.46. The summed E-state index contributed by atoms with van der Waals surface area (Å²) in [5, 5.41) is 0.517. The monoisotopic (exact) mass is 342 g/mol. The van der Waals surface area contributed by atoms with Gasteiger partial charge in [-0.2, -0.15) is 11.8 Å². The molecule has 0 aliphatic rings. The fourth-order valence-corrected chi connectivity index (χ4v) is 6.25. The highest BCUT2D eigenvalue weighted by molar-refractivity contribution is 7.99. The largest absolute Gasteiger partial charge is 0.500 e. The molecule has 1 unspecified atom stereocenters. The van der Waals surface area contributed by atoms with Gasteiger partial charge in [0.2, 0.25) is 0 Å². The summed E-state index contributed by atoms with van der Waals surface area (Å²) in [6.07, 6.45) is 1.06. The van der Waals surface area contributed by atoms with E-state index >= 15 is 0 Å². The zero-order valence-corrected chi connectivity index (χ0v) is 16.2. The molecule has 1 aromatic rings. The van der Waals surface area contributed by atoms with Crippen molar-refractivity contribution in [1.82, 2.24) is 0 Å². The summed E-state index contributed by atoms with van der Waals surface area (Å²) in [5.41, 5.74) is 1.38. The highest BCUT2D eigenvalue weighted by Crippen LogP contribution is 2.29. The van der Waals surface area contributed by atoms with Gasteiger partial charge in [-0.05, 0) is 45.4 Å². The van der Waals surface area contributed by atoms with Gasteiger partial charge >= 0.3 is 8.80 Å². The Morgan fingerprint density at radius 3 is 2.00 bits per heavy atom. The minimum atomic E-state index is -2.46. The van der Waals surface area contributed by atoms with Crippen LogP contribution in [0.15, 0.2) is 30.3 Å². The third kappa shape index (κ3) is 6.83. The van der Waals surface area contributed by atoms with Crippen LogP contribution in [0.2, 0.25) is 6.04 Å². The van der Waals surface area contributed by atoms with E-state index in [2.05, 4.69) is 37.3 Å². The van der Waals surface area contributed by atoms with Gasteiger partial charge in [-0.1, -0.05) is 30.3 Å². The molecule has 0 spiro atoms. The molecule has 0 amide bonds. The van der Waals surface area contributed by atoms with Crippen molar-refractivity contribution in [2.24, 2.45) is 0 Å². The molecular weight excluding hydrogens is 312 g/mol. The topological polar surface area (TPSA) is 27.7 Å². The lowest BCUT2D eigenvalue weighted by atomic mass is 10.2. The fraction of sp³-hybridized carbons (Fsp3) is 0.647. The van der Waals surface area contributed by atoms with Crippen molar-refractivity contribution >= 4 is 20.6 Å². The molecule has 0 saturated carbocycles. The van der Waals surface area contributed by atoms with E-state index in [-0.39, 0.29) is 0 Å². The van der Waals surface area contributed by atoms with Crippen LogP contribution < -0.4 is 0 Å². The zero-order chi connectivity index (χ0) is 16.3. The Labute approximate surface area is 141 Å². The zero-order valence-electron chi connectivity index (χ0n) is 14.3. The van der Waals surface area contributed by atoms with E-state index < -0.39 is 8.80 Å². The Morgan fingerprint density at radius 1 is 0.955 bits per heavy atom. The predicted molar refractivity (Wildman–Crippen MR) is 97.4 cm³/mol. The quantitative estimate of drug-likeness (QED) is 0.398. The van der Waals surface area contributed by atoms with Crippen molar-refractivity contribution in [1.29, 1.82) is 0 Å². The molecule has 0 aromatic heterocycles. The Balaban J connectivity index is 2.41. The maximum absolute atomic E-state index is 5.89. The average molecular weight is 343 g/mol. The van der Waals surface area contributed by atoms with Crippen LogP contribution in [-0.4, -0.2) is 34.4 Å². The molecule has 22 heavy (non-hydrogen) atoms. The molecule has 0 fully saturated rings. The van der Waals surface area contributed by atoms with Gasteiger partial charge < -0.3 is 13.3 Å². The fourth-order valence-electron chi connectivity index (χ4n) is 2.37. The Morgan fingerprint density at radius 2 is 1.50 bits per heavy atom. The Bertz CT molecular complexity index is 372. The molecule has 1 rings (SSSR count). The van der Waals surface area contributed by atoms with Crippen molar-refractivity contribution in [2.45, 2.75) is 45.4 Å². The molecule has 0 aliphatic heterocycles. The van der Waals surface area contributed by atoms with Crippen molar-refractivity contribution < 1.29 is 13.3 Å². The van der Waals surface area contributed by atoms with E-state index in [9.17, 15) is 0 Å². The predicted octanol–water partition coefficient (Wildman–Crippen LogP) is 4.92. The molecule has 0 bridgehead atoms. The first kappa shape index (κ1) is 19.7. The third-order valence-electron chi connectivity index (χ3n) is 3.36. The van der Waals surface area contributed by atoms with Gasteiger partial charge in [-0.15, -0.1) is 0 Å². The molecule has 1 aromatic carbocycles. The smallest absolute Gasteiger partial charge is 0.374 e. The van der Waals surface area contributed by atoms with Crippen LogP contribution in [0.4, 0.5) is 0 Å². The van der Waals surface area contributed by atoms with Gasteiger partial charge in [0, 0.05) is 31.1 Å². The number of hydrogen-bond acceptors (Lipinski definition) is 4. The van der Waals surface area contributed by atoms with Crippen LogP contribution in [-0.2, 0) is 13.3 Å². The van der Waals surface area contributed by atoms with Crippen molar-refractivity contribution in [3.8, 4) is 0 Å². The van der Waals surface area contributed by atoms with Crippen LogP contribution in [0, 0.1) is 0 Å². The van der Waals surface area contributed by atoms with E-state index in [1.165, 1.54) is 5.56 Å². The van der Waals surface area contributed by atoms with Gasteiger partial charge in [-0.3, -0.25) is 0 Å². The summed E-state index contributed by atoms with van der Waals surface area (Å²) in [6, 6.07) is 11.5. The summed E-state index contributed by atoms with van der Waals surface area (Å²) in [6.45, 7) is 10.2. The summed E-state index contributed by atoms with van der Waals surface area (Å²) >= 11 is 1.98. The minimum absolute atomic E-state index is 0.517. The number of thioether (sulfide) groups is 1. The molecule has 126 valence electrons. The van der Waals surface area contributed by atoms with E-state index in [1.807, 2.05) is 32.5 Å².